The van der Waals surface area contributed by atoms with E-state index < -0.39 is 11.4 Å². The molecular formula is C14H24N2O3. The van der Waals surface area contributed by atoms with Gasteiger partial charge in [0.15, 0.2) is 0 Å². The van der Waals surface area contributed by atoms with Crippen LogP contribution in [0.5, 0.6) is 0 Å². The number of hydrogen-bond acceptors (Lipinski definition) is 3. The van der Waals surface area contributed by atoms with Gasteiger partial charge in [0, 0.05) is 12.5 Å². The minimum Gasteiger partial charge on any atom is -0.481 e. The van der Waals surface area contributed by atoms with Gasteiger partial charge in [-0.1, -0.05) is 19.3 Å². The molecule has 0 aromatic rings. The summed E-state index contributed by atoms with van der Waals surface area (Å²) in [4.78, 5) is 23.6. The molecule has 0 saturated heterocycles. The average molecular weight is 268 g/mol. The highest BCUT2D eigenvalue weighted by Gasteiger charge is 2.42. The number of carboxylic acid groups (broad SMARTS) is 1. The van der Waals surface area contributed by atoms with Crippen molar-refractivity contribution in [3.8, 4) is 0 Å². The van der Waals surface area contributed by atoms with Gasteiger partial charge in [-0.3, -0.25) is 9.59 Å². The third kappa shape index (κ3) is 2.91. The van der Waals surface area contributed by atoms with Crippen LogP contribution in [0.15, 0.2) is 0 Å². The van der Waals surface area contributed by atoms with Gasteiger partial charge in [-0.2, -0.15) is 0 Å². The molecule has 108 valence electrons. The Hall–Kier alpha value is -1.10. The van der Waals surface area contributed by atoms with Crippen molar-refractivity contribution < 1.29 is 14.7 Å². The second-order valence-corrected chi connectivity index (χ2v) is 6.04. The fourth-order valence-corrected chi connectivity index (χ4v) is 3.57. The van der Waals surface area contributed by atoms with Gasteiger partial charge in [0.2, 0.25) is 5.91 Å². The molecule has 2 aliphatic rings. The fraction of sp³-hybridized carbons (Fsp3) is 0.857. The van der Waals surface area contributed by atoms with E-state index in [1.165, 1.54) is 0 Å². The lowest BCUT2D eigenvalue weighted by Crippen LogP contribution is -2.44. The molecule has 5 heteroatoms. The molecule has 0 spiro atoms. The predicted molar refractivity (Wildman–Crippen MR) is 71.4 cm³/mol. The van der Waals surface area contributed by atoms with Gasteiger partial charge in [0.25, 0.3) is 0 Å². The Labute approximate surface area is 113 Å². The lowest BCUT2D eigenvalue weighted by molar-refractivity contribution is -0.148. The number of rotatable bonds is 5. The third-order valence-electron chi connectivity index (χ3n) is 4.91. The average Bonchev–Trinajstić information content (AvgIpc) is 3.05. The summed E-state index contributed by atoms with van der Waals surface area (Å²) in [6.07, 6.45) is 6.17. The van der Waals surface area contributed by atoms with Crippen molar-refractivity contribution >= 4 is 11.9 Å². The van der Waals surface area contributed by atoms with E-state index in [9.17, 15) is 14.7 Å². The number of aliphatic carboxylic acids is 1. The van der Waals surface area contributed by atoms with E-state index in [0.717, 1.165) is 32.1 Å². The van der Waals surface area contributed by atoms with Crippen LogP contribution in [0, 0.1) is 17.3 Å². The van der Waals surface area contributed by atoms with Gasteiger partial charge >= 0.3 is 5.97 Å². The molecule has 2 rings (SSSR count). The van der Waals surface area contributed by atoms with Crippen LogP contribution < -0.4 is 11.1 Å². The minimum absolute atomic E-state index is 0.000440. The normalized spacial score (nSPS) is 29.3. The van der Waals surface area contributed by atoms with Crippen molar-refractivity contribution in [3.05, 3.63) is 0 Å². The summed E-state index contributed by atoms with van der Waals surface area (Å²) in [5.41, 5.74) is 4.95. The van der Waals surface area contributed by atoms with Crippen LogP contribution in [0.25, 0.3) is 0 Å². The largest absolute Gasteiger partial charge is 0.481 e. The van der Waals surface area contributed by atoms with Crippen LogP contribution in [0.3, 0.4) is 0 Å². The summed E-state index contributed by atoms with van der Waals surface area (Å²) in [7, 11) is 0. The number of carbonyl (C=O) groups is 2. The molecular weight excluding hydrogens is 244 g/mol. The zero-order valence-corrected chi connectivity index (χ0v) is 11.4. The SMILES string of the molecule is NCC1CCCC1C(=O)NCC1(C(=O)O)CCCC1. The number of carbonyl (C=O) groups excluding carboxylic acids is 1. The van der Waals surface area contributed by atoms with Gasteiger partial charge < -0.3 is 16.2 Å². The first-order valence-corrected chi connectivity index (χ1v) is 7.30. The van der Waals surface area contributed by atoms with E-state index in [1.54, 1.807) is 0 Å². The molecule has 0 aromatic carbocycles. The van der Waals surface area contributed by atoms with Crippen molar-refractivity contribution in [2.45, 2.75) is 44.9 Å². The third-order valence-corrected chi connectivity index (χ3v) is 4.91. The van der Waals surface area contributed by atoms with Crippen molar-refractivity contribution in [1.29, 1.82) is 0 Å². The number of nitrogens with one attached hydrogen (secondary N) is 1. The summed E-state index contributed by atoms with van der Waals surface area (Å²) < 4.78 is 0. The highest BCUT2D eigenvalue weighted by molar-refractivity contribution is 5.81. The van der Waals surface area contributed by atoms with E-state index in [0.29, 0.717) is 19.4 Å². The van der Waals surface area contributed by atoms with Crippen LogP contribution >= 0.6 is 0 Å². The molecule has 2 unspecified atom stereocenters. The maximum Gasteiger partial charge on any atom is 0.311 e. The molecule has 1 amide bonds. The summed E-state index contributed by atoms with van der Waals surface area (Å²) in [6.45, 7) is 0.817. The van der Waals surface area contributed by atoms with Gasteiger partial charge in [0.1, 0.15) is 0 Å². The molecule has 2 fully saturated rings. The van der Waals surface area contributed by atoms with E-state index in [1.807, 2.05) is 0 Å². The number of hydrogen-bond donors (Lipinski definition) is 3. The lowest BCUT2D eigenvalue weighted by atomic mass is 9.86. The Balaban J connectivity index is 1.90. The minimum atomic E-state index is -0.771. The van der Waals surface area contributed by atoms with Crippen LogP contribution in [0.4, 0.5) is 0 Å². The van der Waals surface area contributed by atoms with E-state index in [2.05, 4.69) is 5.32 Å². The van der Waals surface area contributed by atoms with E-state index in [-0.39, 0.29) is 24.3 Å². The second kappa shape index (κ2) is 5.90. The van der Waals surface area contributed by atoms with E-state index in [4.69, 9.17) is 5.73 Å². The topological polar surface area (TPSA) is 92.4 Å². The monoisotopic (exact) mass is 268 g/mol. The Kier molecular flexibility index (Phi) is 4.45. The molecule has 0 bridgehead atoms. The Bertz CT molecular complexity index is 351. The van der Waals surface area contributed by atoms with E-state index >= 15 is 0 Å². The standard InChI is InChI=1S/C14H24N2O3/c15-8-10-4-3-5-11(10)12(17)16-9-14(13(18)19)6-1-2-7-14/h10-11H,1-9,15H2,(H,16,17)(H,18,19). The number of nitrogens with two attached hydrogens (primary N) is 1. The van der Waals surface area contributed by atoms with Crippen LogP contribution in [0.2, 0.25) is 0 Å². The molecule has 2 aliphatic carbocycles. The van der Waals surface area contributed by atoms with Crippen LogP contribution in [-0.2, 0) is 9.59 Å². The molecule has 19 heavy (non-hydrogen) atoms. The van der Waals surface area contributed by atoms with Gasteiger partial charge in [-0.15, -0.1) is 0 Å². The molecule has 0 radical (unpaired) electrons. The maximum absolute atomic E-state index is 12.2. The zero-order valence-electron chi connectivity index (χ0n) is 11.4. The van der Waals surface area contributed by atoms with Gasteiger partial charge in [-0.05, 0) is 38.1 Å². The van der Waals surface area contributed by atoms with Crippen molar-refractivity contribution in [3.63, 3.8) is 0 Å². The summed E-state index contributed by atoms with van der Waals surface area (Å²) in [6, 6.07) is 0. The lowest BCUT2D eigenvalue weighted by Gasteiger charge is -2.26. The summed E-state index contributed by atoms with van der Waals surface area (Å²) >= 11 is 0. The molecule has 0 aromatic heterocycles. The maximum atomic E-state index is 12.2. The van der Waals surface area contributed by atoms with Gasteiger partial charge in [-0.25, -0.2) is 0 Å². The van der Waals surface area contributed by atoms with Crippen LogP contribution in [-0.4, -0.2) is 30.1 Å². The quantitative estimate of drug-likeness (QED) is 0.696. The number of carboxylic acids is 1. The first kappa shape index (κ1) is 14.3. The molecule has 0 aliphatic heterocycles. The zero-order chi connectivity index (χ0) is 13.9. The summed E-state index contributed by atoms with van der Waals surface area (Å²) in [5, 5.41) is 12.2. The van der Waals surface area contributed by atoms with Crippen LogP contribution in [0.1, 0.15) is 44.9 Å². The number of amides is 1. The molecule has 2 saturated carbocycles. The first-order valence-electron chi connectivity index (χ1n) is 7.30. The summed E-state index contributed by atoms with van der Waals surface area (Å²) in [5.74, 6) is -0.519. The molecule has 5 nitrogen and oxygen atoms in total. The fourth-order valence-electron chi connectivity index (χ4n) is 3.57. The Morgan fingerprint density at radius 2 is 1.89 bits per heavy atom. The van der Waals surface area contributed by atoms with Gasteiger partial charge in [0.05, 0.1) is 5.41 Å². The predicted octanol–water partition coefficient (Wildman–Crippen LogP) is 1.12. The molecule has 2 atom stereocenters. The Morgan fingerprint density at radius 1 is 1.21 bits per heavy atom. The molecule has 0 heterocycles. The second-order valence-electron chi connectivity index (χ2n) is 6.04. The van der Waals surface area contributed by atoms with Crippen molar-refractivity contribution in [1.82, 2.24) is 5.32 Å². The van der Waals surface area contributed by atoms with Crippen molar-refractivity contribution in [2.24, 2.45) is 23.0 Å². The highest BCUT2D eigenvalue weighted by Crippen LogP contribution is 2.38. The highest BCUT2D eigenvalue weighted by atomic mass is 16.4. The Morgan fingerprint density at radius 3 is 2.47 bits per heavy atom. The molecule has 4 N–H and O–H groups in total. The van der Waals surface area contributed by atoms with Crippen molar-refractivity contribution in [2.75, 3.05) is 13.1 Å². The first-order chi connectivity index (χ1) is 9.09. The smallest absolute Gasteiger partial charge is 0.311 e.